The molecule has 13 N–H and O–H groups in total. The van der Waals surface area contributed by atoms with Gasteiger partial charge in [-0.05, 0) is 56.4 Å². The van der Waals surface area contributed by atoms with Crippen LogP contribution in [0.4, 0.5) is 0 Å². The molecule has 1 aromatic carbocycles. The number of imidazole rings is 1. The highest BCUT2D eigenvalue weighted by Crippen LogP contribution is 2.10. The van der Waals surface area contributed by atoms with Crippen LogP contribution in [0.2, 0.25) is 0 Å². The van der Waals surface area contributed by atoms with Crippen LogP contribution in [0.15, 0.2) is 36.5 Å². The first kappa shape index (κ1) is 36.9. The van der Waals surface area contributed by atoms with E-state index < -0.39 is 47.8 Å². The van der Waals surface area contributed by atoms with E-state index in [0.29, 0.717) is 42.8 Å². The van der Waals surface area contributed by atoms with E-state index in [4.69, 9.17) is 40.6 Å². The van der Waals surface area contributed by atoms with E-state index >= 15 is 0 Å². The highest BCUT2D eigenvalue weighted by atomic mass is 32.1. The van der Waals surface area contributed by atoms with Crippen molar-refractivity contribution in [3.8, 4) is 0 Å². The van der Waals surface area contributed by atoms with Crippen molar-refractivity contribution in [1.82, 2.24) is 30.4 Å². The second-order valence-corrected chi connectivity index (χ2v) is 11.3. The van der Waals surface area contributed by atoms with E-state index in [-0.39, 0.29) is 31.6 Å². The van der Waals surface area contributed by atoms with Crippen LogP contribution in [0.1, 0.15) is 43.4 Å². The number of rotatable bonds is 19. The number of carbonyl (C=O) groups excluding carboxylic acids is 4. The fraction of sp³-hybridized carbons (Fsp3) is 0.517. The van der Waals surface area contributed by atoms with Crippen LogP contribution >= 0.6 is 12.2 Å². The minimum atomic E-state index is -1.11. The number of guanidine groups is 1. The Bertz CT molecular complexity index is 1360. The van der Waals surface area contributed by atoms with E-state index in [0.717, 1.165) is 5.56 Å². The fourth-order valence-corrected chi connectivity index (χ4v) is 4.84. The Hall–Kier alpha value is -4.28. The third kappa shape index (κ3) is 12.3. The van der Waals surface area contributed by atoms with Crippen molar-refractivity contribution in [1.29, 1.82) is 5.41 Å². The number of primary amides is 1. The van der Waals surface area contributed by atoms with E-state index in [2.05, 4.69) is 21.3 Å². The summed E-state index contributed by atoms with van der Waals surface area (Å²) in [5.41, 5.74) is 24.1. The van der Waals surface area contributed by atoms with Crippen LogP contribution in [0, 0.1) is 10.2 Å². The molecule has 0 unspecified atom stereocenters. The number of unbranched alkanes of at least 4 members (excludes halogenated alkanes) is 1. The maximum absolute atomic E-state index is 13.7. The highest BCUT2D eigenvalue weighted by molar-refractivity contribution is 7.71. The number of nitrogens with two attached hydrogens (primary N) is 4. The molecule has 0 bridgehead atoms. The van der Waals surface area contributed by atoms with Crippen LogP contribution in [-0.4, -0.2) is 76.0 Å². The van der Waals surface area contributed by atoms with Gasteiger partial charge >= 0.3 is 0 Å². The summed E-state index contributed by atoms with van der Waals surface area (Å²) in [6, 6.07) is 5.01. The van der Waals surface area contributed by atoms with Crippen LogP contribution < -0.4 is 44.2 Å². The van der Waals surface area contributed by atoms with Gasteiger partial charge in [0.1, 0.15) is 18.1 Å². The van der Waals surface area contributed by atoms with Crippen molar-refractivity contribution in [3.05, 3.63) is 52.6 Å². The molecule has 15 nitrogen and oxygen atoms in total. The molecule has 0 fully saturated rings. The van der Waals surface area contributed by atoms with Crippen LogP contribution in [-0.2, 0) is 46.1 Å². The standard InChI is InChI=1S/C29H47N11O4S/c1-39-17-19(40(2)29(39)45)16-23(38-25(42)20(31)11-8-14-35-28(33)34)27(44)36-21(12-6-7-13-30)26(43)37-22(24(32)41)15-18-9-4-3-5-10-18/h3-5,9-10,17,20-23H,6-8,11-16,30-31H2,1-2H3,(H2,32,41)(H,36,44)(H,37,43)(H,38,42)(H4,33,34,35)/t20-,21+,22+,23+/m1/s1. The van der Waals surface area contributed by atoms with Gasteiger partial charge < -0.3 is 53.3 Å². The monoisotopic (exact) mass is 645 g/mol. The van der Waals surface area contributed by atoms with Crippen molar-refractivity contribution in [3.63, 3.8) is 0 Å². The number of nitrogens with one attached hydrogen (secondary N) is 5. The molecule has 2 aromatic rings. The third-order valence-electron chi connectivity index (χ3n) is 7.28. The number of hydrogen-bond donors (Lipinski definition) is 9. The Morgan fingerprint density at radius 3 is 2.07 bits per heavy atom. The van der Waals surface area contributed by atoms with Gasteiger partial charge in [0, 0.05) is 45.4 Å². The van der Waals surface area contributed by atoms with Gasteiger partial charge in [-0.25, -0.2) is 0 Å². The fourth-order valence-electron chi connectivity index (χ4n) is 4.67. The van der Waals surface area contributed by atoms with Crippen molar-refractivity contribution >= 4 is 41.8 Å². The lowest BCUT2D eigenvalue weighted by Gasteiger charge is -2.25. The van der Waals surface area contributed by atoms with E-state index in [9.17, 15) is 19.2 Å². The SMILES string of the molecule is Cn1cc(C[C@H](NC(=O)[C@H](N)CCCNC(=N)N)C(=O)N[C@@H](CCCCN)C(=O)N[C@@H](Cc2ccccc2)C(N)=O)n(C)c1=S. The molecule has 2 rings (SSSR count). The maximum Gasteiger partial charge on any atom is 0.243 e. The van der Waals surface area contributed by atoms with E-state index in [1.807, 2.05) is 30.3 Å². The lowest BCUT2D eigenvalue weighted by Crippen LogP contribution is -2.58. The average molecular weight is 646 g/mol. The first-order valence-electron chi connectivity index (χ1n) is 14.8. The first-order chi connectivity index (χ1) is 21.3. The molecule has 45 heavy (non-hydrogen) atoms. The largest absolute Gasteiger partial charge is 0.370 e. The summed E-state index contributed by atoms with van der Waals surface area (Å²) in [6.07, 6.45) is 4.11. The summed E-state index contributed by atoms with van der Waals surface area (Å²) in [6.45, 7) is 0.754. The van der Waals surface area contributed by atoms with Crippen LogP contribution in [0.5, 0.6) is 0 Å². The van der Waals surface area contributed by atoms with Gasteiger partial charge in [0.25, 0.3) is 0 Å². The average Bonchev–Trinajstić information content (AvgIpc) is 3.24. The number of amides is 4. The third-order valence-corrected chi connectivity index (χ3v) is 7.84. The summed E-state index contributed by atoms with van der Waals surface area (Å²) < 4.78 is 3.96. The molecule has 1 aromatic heterocycles. The highest BCUT2D eigenvalue weighted by Gasteiger charge is 2.30. The summed E-state index contributed by atoms with van der Waals surface area (Å²) in [5, 5.41) is 18.1. The van der Waals surface area contributed by atoms with E-state index in [1.165, 1.54) is 0 Å². The van der Waals surface area contributed by atoms with Gasteiger partial charge in [-0.1, -0.05) is 30.3 Å². The number of aryl methyl sites for hydroxylation is 1. The van der Waals surface area contributed by atoms with Gasteiger partial charge in [-0.3, -0.25) is 24.6 Å². The summed E-state index contributed by atoms with van der Waals surface area (Å²) in [4.78, 5) is 52.5. The van der Waals surface area contributed by atoms with E-state index in [1.54, 1.807) is 29.4 Å². The topological polar surface area (TPSA) is 254 Å². The maximum atomic E-state index is 13.7. The number of carbonyl (C=O) groups is 4. The molecule has 0 saturated heterocycles. The van der Waals surface area contributed by atoms with Crippen molar-refractivity contribution in [2.45, 2.75) is 69.1 Å². The Kier molecular flexibility index (Phi) is 15.2. The molecule has 0 saturated carbocycles. The first-order valence-corrected chi connectivity index (χ1v) is 15.2. The Labute approximate surface area is 268 Å². The minimum absolute atomic E-state index is 0.0617. The molecule has 0 aliphatic carbocycles. The Morgan fingerprint density at radius 1 is 0.867 bits per heavy atom. The summed E-state index contributed by atoms with van der Waals surface area (Å²) in [5.74, 6) is -2.66. The van der Waals surface area contributed by atoms with Gasteiger partial charge in [0.2, 0.25) is 23.6 Å². The normalized spacial score (nSPS) is 13.6. The van der Waals surface area contributed by atoms with Gasteiger partial charge in [0.15, 0.2) is 10.7 Å². The second kappa shape index (κ2) is 18.5. The second-order valence-electron chi connectivity index (χ2n) is 10.9. The molecule has 4 amide bonds. The van der Waals surface area contributed by atoms with Crippen molar-refractivity contribution in [2.75, 3.05) is 13.1 Å². The quantitative estimate of drug-likeness (QED) is 0.0374. The number of hydrogen-bond acceptors (Lipinski definition) is 8. The zero-order valence-electron chi connectivity index (χ0n) is 25.9. The zero-order chi connectivity index (χ0) is 33.5. The lowest BCUT2D eigenvalue weighted by atomic mass is 10.0. The van der Waals surface area contributed by atoms with Crippen molar-refractivity contribution < 1.29 is 19.2 Å². The number of nitrogens with zero attached hydrogens (tertiary/aromatic N) is 2. The molecule has 16 heteroatoms. The van der Waals surface area contributed by atoms with Gasteiger partial charge in [0.05, 0.1) is 6.04 Å². The predicted molar refractivity (Wildman–Crippen MR) is 174 cm³/mol. The summed E-state index contributed by atoms with van der Waals surface area (Å²) in [7, 11) is 3.52. The smallest absolute Gasteiger partial charge is 0.243 e. The molecule has 0 aliphatic heterocycles. The molecule has 0 radical (unpaired) electrons. The van der Waals surface area contributed by atoms with Crippen LogP contribution in [0.25, 0.3) is 0 Å². The lowest BCUT2D eigenvalue weighted by molar-refractivity contribution is -0.133. The van der Waals surface area contributed by atoms with Gasteiger partial charge in [-0.15, -0.1) is 0 Å². The van der Waals surface area contributed by atoms with Crippen LogP contribution in [0.3, 0.4) is 0 Å². The molecule has 0 spiro atoms. The molecule has 1 heterocycles. The predicted octanol–water partition coefficient (Wildman–Crippen LogP) is -1.46. The number of benzene rings is 1. The zero-order valence-corrected chi connectivity index (χ0v) is 26.7. The molecular weight excluding hydrogens is 598 g/mol. The molecule has 0 aliphatic rings. The molecule has 4 atom stereocenters. The molecule has 248 valence electrons. The summed E-state index contributed by atoms with van der Waals surface area (Å²) >= 11 is 5.40. The van der Waals surface area contributed by atoms with Crippen molar-refractivity contribution in [2.24, 2.45) is 37.0 Å². The number of aromatic nitrogens is 2. The Balaban J connectivity index is 2.25. The Morgan fingerprint density at radius 2 is 1.49 bits per heavy atom. The van der Waals surface area contributed by atoms with Gasteiger partial charge in [-0.2, -0.15) is 0 Å². The molecular formula is C29H47N11O4S. The minimum Gasteiger partial charge on any atom is -0.370 e.